The van der Waals surface area contributed by atoms with Crippen LogP contribution in [0.2, 0.25) is 0 Å². The fourth-order valence-electron chi connectivity index (χ4n) is 1.08. The van der Waals surface area contributed by atoms with Gasteiger partial charge in [-0.2, -0.15) is 0 Å². The van der Waals surface area contributed by atoms with Crippen LogP contribution in [0.25, 0.3) is 0 Å². The summed E-state index contributed by atoms with van der Waals surface area (Å²) >= 11 is 5.57. The summed E-state index contributed by atoms with van der Waals surface area (Å²) in [5.41, 5.74) is 0.763. The van der Waals surface area contributed by atoms with Crippen molar-refractivity contribution < 1.29 is 4.79 Å². The summed E-state index contributed by atoms with van der Waals surface area (Å²) < 4.78 is 1.94. The number of rotatable bonds is 4. The van der Waals surface area contributed by atoms with Gasteiger partial charge in [0.25, 0.3) is 0 Å². The molecular weight excluding hydrogens is 355 g/mol. The molecule has 74 valence electrons. The molecule has 0 heterocycles. The van der Waals surface area contributed by atoms with Gasteiger partial charge < -0.3 is 0 Å². The maximum Gasteiger partial charge on any atom is 0.164 e. The van der Waals surface area contributed by atoms with E-state index in [-0.39, 0.29) is 5.78 Å². The van der Waals surface area contributed by atoms with Crippen LogP contribution in [0.5, 0.6) is 0 Å². The number of halogens is 2. The van der Waals surface area contributed by atoms with Crippen molar-refractivity contribution in [1.29, 1.82) is 0 Å². The van der Waals surface area contributed by atoms with Crippen molar-refractivity contribution in [2.45, 2.75) is 12.8 Å². The Hall–Kier alpha value is -0.160. The van der Waals surface area contributed by atoms with Crippen molar-refractivity contribution in [3.63, 3.8) is 0 Å². The molecule has 1 rings (SSSR count). The number of ketones is 1. The number of carbonyl (C=O) groups excluding carboxylic acids is 1. The maximum absolute atomic E-state index is 11.7. The molecule has 1 aromatic rings. The molecule has 0 atom stereocenters. The van der Waals surface area contributed by atoms with Gasteiger partial charge in [-0.3, -0.25) is 4.79 Å². The van der Waals surface area contributed by atoms with Crippen LogP contribution in [0.1, 0.15) is 23.2 Å². The summed E-state index contributed by atoms with van der Waals surface area (Å²) in [5.74, 6) is 0.162. The number of benzene rings is 1. The second kappa shape index (κ2) is 5.66. The Kier molecular flexibility index (Phi) is 4.81. The lowest BCUT2D eigenvalue weighted by molar-refractivity contribution is 0.0983. The van der Waals surface area contributed by atoms with E-state index in [9.17, 15) is 4.79 Å². The van der Waals surface area contributed by atoms with Crippen LogP contribution in [0.4, 0.5) is 0 Å². The number of carbonyl (C=O) groups is 1. The maximum atomic E-state index is 11.7. The highest BCUT2D eigenvalue weighted by molar-refractivity contribution is 14.1. The van der Waals surface area contributed by atoms with Gasteiger partial charge >= 0.3 is 0 Å². The lowest BCUT2D eigenvalue weighted by Crippen LogP contribution is -1.99. The minimum atomic E-state index is 0.162. The van der Waals surface area contributed by atoms with Gasteiger partial charge in [-0.05, 0) is 47.2 Å². The quantitative estimate of drug-likeness (QED) is 0.444. The van der Waals surface area contributed by atoms with Crippen LogP contribution in [0, 0.1) is 3.57 Å². The number of allylic oxidation sites excluding steroid dienone is 1. The largest absolute Gasteiger partial charge is 0.294 e. The Bertz CT molecular complexity index is 360. The third-order valence-corrected chi connectivity index (χ3v) is 3.17. The lowest BCUT2D eigenvalue weighted by atomic mass is 10.1. The molecule has 0 saturated heterocycles. The van der Waals surface area contributed by atoms with Crippen LogP contribution < -0.4 is 0 Å². The Balaban J connectivity index is 2.88. The first-order chi connectivity index (χ1) is 6.65. The molecule has 0 unspecified atom stereocenters. The predicted molar refractivity (Wildman–Crippen MR) is 70.6 cm³/mol. The molecule has 0 aromatic heterocycles. The molecule has 1 nitrogen and oxygen atoms in total. The van der Waals surface area contributed by atoms with Crippen molar-refractivity contribution in [2.75, 3.05) is 0 Å². The fraction of sp³-hybridized carbons (Fsp3) is 0.182. The van der Waals surface area contributed by atoms with Gasteiger partial charge in [-0.1, -0.05) is 22.0 Å². The van der Waals surface area contributed by atoms with Gasteiger partial charge in [0.15, 0.2) is 5.78 Å². The molecule has 0 radical (unpaired) electrons. The second-order valence-corrected chi connectivity index (χ2v) is 4.97. The smallest absolute Gasteiger partial charge is 0.164 e. The topological polar surface area (TPSA) is 17.1 Å². The molecule has 3 heteroatoms. The summed E-state index contributed by atoms with van der Waals surface area (Å²) in [6.07, 6.45) is 3.03. The lowest BCUT2D eigenvalue weighted by Gasteiger charge is -2.02. The molecule has 0 aliphatic carbocycles. The molecule has 14 heavy (non-hydrogen) atoms. The van der Waals surface area contributed by atoms with E-state index in [1.54, 1.807) is 6.08 Å². The first-order valence-electron chi connectivity index (χ1n) is 4.24. The third-order valence-electron chi connectivity index (χ3n) is 1.80. The number of hydrogen-bond acceptors (Lipinski definition) is 1. The van der Waals surface area contributed by atoms with Crippen molar-refractivity contribution in [3.8, 4) is 0 Å². The summed E-state index contributed by atoms with van der Waals surface area (Å²) in [4.78, 5) is 11.7. The monoisotopic (exact) mass is 364 g/mol. The zero-order chi connectivity index (χ0) is 10.6. The molecule has 0 N–H and O–H groups in total. The van der Waals surface area contributed by atoms with Gasteiger partial charge in [0.05, 0.1) is 0 Å². The SMILES string of the molecule is C=CCCC(=O)c1cc(I)ccc1Br. The van der Waals surface area contributed by atoms with E-state index < -0.39 is 0 Å². The van der Waals surface area contributed by atoms with E-state index in [0.717, 1.165) is 20.0 Å². The Morgan fingerprint density at radius 3 is 2.93 bits per heavy atom. The summed E-state index contributed by atoms with van der Waals surface area (Å²) in [6, 6.07) is 5.77. The first kappa shape index (κ1) is 11.9. The molecule has 0 saturated carbocycles. The summed E-state index contributed by atoms with van der Waals surface area (Å²) in [5, 5.41) is 0. The van der Waals surface area contributed by atoms with Gasteiger partial charge in [0, 0.05) is 20.0 Å². The average molecular weight is 365 g/mol. The average Bonchev–Trinajstić information content (AvgIpc) is 2.18. The van der Waals surface area contributed by atoms with Gasteiger partial charge in [0.2, 0.25) is 0 Å². The zero-order valence-corrected chi connectivity index (χ0v) is 11.3. The van der Waals surface area contributed by atoms with Gasteiger partial charge in [0.1, 0.15) is 0 Å². The molecule has 1 aromatic carbocycles. The molecule has 0 bridgehead atoms. The van der Waals surface area contributed by atoms with E-state index in [4.69, 9.17) is 0 Å². The van der Waals surface area contributed by atoms with Crippen molar-refractivity contribution in [3.05, 3.63) is 44.5 Å². The molecule has 0 spiro atoms. The first-order valence-corrected chi connectivity index (χ1v) is 6.11. The van der Waals surface area contributed by atoms with Crippen LogP contribution in [-0.2, 0) is 0 Å². The molecular formula is C11H10BrIO. The second-order valence-electron chi connectivity index (χ2n) is 2.87. The van der Waals surface area contributed by atoms with Gasteiger partial charge in [-0.25, -0.2) is 0 Å². The third kappa shape index (κ3) is 3.20. The summed E-state index contributed by atoms with van der Waals surface area (Å²) in [7, 11) is 0. The van der Waals surface area contributed by atoms with E-state index in [1.807, 2.05) is 18.2 Å². The van der Waals surface area contributed by atoms with Gasteiger partial charge in [-0.15, -0.1) is 6.58 Å². The Labute approximate surface area is 106 Å². The van der Waals surface area contributed by atoms with Crippen LogP contribution in [0.3, 0.4) is 0 Å². The molecule has 0 amide bonds. The molecule has 0 aliphatic rings. The van der Waals surface area contributed by atoms with Crippen LogP contribution in [-0.4, -0.2) is 5.78 Å². The molecule has 0 aliphatic heterocycles. The van der Waals surface area contributed by atoms with Crippen molar-refractivity contribution in [2.24, 2.45) is 0 Å². The van der Waals surface area contributed by atoms with Crippen molar-refractivity contribution >= 4 is 44.3 Å². The minimum Gasteiger partial charge on any atom is -0.294 e. The van der Waals surface area contributed by atoms with Crippen LogP contribution >= 0.6 is 38.5 Å². The standard InChI is InChI=1S/C11H10BrIO/c1-2-3-4-11(14)9-7-8(13)5-6-10(9)12/h2,5-7H,1,3-4H2. The predicted octanol–water partition coefficient (Wildman–Crippen LogP) is 4.20. The normalized spacial score (nSPS) is 9.86. The van der Waals surface area contributed by atoms with E-state index in [0.29, 0.717) is 6.42 Å². The summed E-state index contributed by atoms with van der Waals surface area (Å²) in [6.45, 7) is 3.60. The van der Waals surface area contributed by atoms with Crippen molar-refractivity contribution in [1.82, 2.24) is 0 Å². The van der Waals surface area contributed by atoms with E-state index >= 15 is 0 Å². The highest BCUT2D eigenvalue weighted by atomic mass is 127. The van der Waals surface area contributed by atoms with Crippen LogP contribution in [0.15, 0.2) is 35.3 Å². The molecule has 0 fully saturated rings. The highest BCUT2D eigenvalue weighted by Crippen LogP contribution is 2.21. The zero-order valence-electron chi connectivity index (χ0n) is 7.59. The number of hydrogen-bond donors (Lipinski definition) is 0. The Morgan fingerprint density at radius 1 is 1.57 bits per heavy atom. The highest BCUT2D eigenvalue weighted by Gasteiger charge is 2.09. The van der Waals surface area contributed by atoms with E-state index in [1.165, 1.54) is 0 Å². The van der Waals surface area contributed by atoms with E-state index in [2.05, 4.69) is 45.1 Å². The Morgan fingerprint density at radius 2 is 2.29 bits per heavy atom. The minimum absolute atomic E-state index is 0.162. The number of Topliss-reactive ketones (excluding diaryl/α,β-unsaturated/α-hetero) is 1. The fourth-order valence-corrected chi connectivity index (χ4v) is 2.04.